The minimum Gasteiger partial charge on any atom is -0.312 e. The van der Waals surface area contributed by atoms with Crippen LogP contribution in [0.25, 0.3) is 0 Å². The molecule has 5 heteroatoms. The van der Waals surface area contributed by atoms with Crippen LogP contribution < -0.4 is 5.32 Å². The molecule has 0 aromatic heterocycles. The van der Waals surface area contributed by atoms with Gasteiger partial charge in [0.15, 0.2) is 0 Å². The van der Waals surface area contributed by atoms with E-state index in [0.717, 1.165) is 6.07 Å². The van der Waals surface area contributed by atoms with E-state index in [2.05, 4.69) is 21.2 Å². The predicted molar refractivity (Wildman–Crippen MR) is 75.1 cm³/mol. The number of halogens is 3. The van der Waals surface area contributed by atoms with Gasteiger partial charge in [0.2, 0.25) is 0 Å². The number of carbonyl (C=O) groups is 1. The van der Waals surface area contributed by atoms with Crippen LogP contribution in [0.5, 0.6) is 0 Å². The molecule has 0 amide bonds. The van der Waals surface area contributed by atoms with Crippen LogP contribution in [0, 0.1) is 11.6 Å². The van der Waals surface area contributed by atoms with Gasteiger partial charge in [-0.1, -0.05) is 0 Å². The number of ketones is 1. The van der Waals surface area contributed by atoms with Gasteiger partial charge in [0.1, 0.15) is 17.4 Å². The quantitative estimate of drug-likeness (QED) is 0.834. The van der Waals surface area contributed by atoms with E-state index in [1.165, 1.54) is 6.07 Å². The summed E-state index contributed by atoms with van der Waals surface area (Å²) in [6.45, 7) is 6.47. The molecule has 1 N–H and O–H groups in total. The van der Waals surface area contributed by atoms with E-state index in [1.807, 2.05) is 20.8 Å². The molecule has 0 fully saturated rings. The van der Waals surface area contributed by atoms with Gasteiger partial charge in [-0.3, -0.25) is 4.79 Å². The summed E-state index contributed by atoms with van der Waals surface area (Å²) in [6, 6.07) is 2.45. The monoisotopic (exact) mass is 333 g/mol. The first-order chi connectivity index (χ1) is 8.70. The lowest BCUT2D eigenvalue weighted by atomic mass is 10.0. The van der Waals surface area contributed by atoms with Gasteiger partial charge in [-0.15, -0.1) is 0 Å². The molecule has 0 spiro atoms. The second-order valence-electron chi connectivity index (χ2n) is 5.46. The summed E-state index contributed by atoms with van der Waals surface area (Å²) in [5.74, 6) is -1.57. The molecule has 0 aliphatic heterocycles. The average molecular weight is 334 g/mol. The molecule has 0 radical (unpaired) electrons. The lowest BCUT2D eigenvalue weighted by molar-refractivity contribution is -0.118. The fourth-order valence-electron chi connectivity index (χ4n) is 1.59. The highest BCUT2D eigenvalue weighted by molar-refractivity contribution is 9.10. The minimum atomic E-state index is -0.697. The highest BCUT2D eigenvalue weighted by Gasteiger charge is 2.16. The van der Waals surface area contributed by atoms with Gasteiger partial charge in [-0.25, -0.2) is 8.78 Å². The van der Waals surface area contributed by atoms with Crippen LogP contribution in [0.3, 0.4) is 0 Å². The zero-order valence-corrected chi connectivity index (χ0v) is 12.9. The Bertz CT molecular complexity index is 469. The zero-order valence-electron chi connectivity index (χ0n) is 11.3. The van der Waals surface area contributed by atoms with Crippen molar-refractivity contribution in [1.82, 2.24) is 5.32 Å². The Balaban J connectivity index is 2.61. The van der Waals surface area contributed by atoms with E-state index < -0.39 is 11.6 Å². The van der Waals surface area contributed by atoms with Crippen molar-refractivity contribution in [3.05, 3.63) is 33.8 Å². The van der Waals surface area contributed by atoms with Gasteiger partial charge >= 0.3 is 0 Å². The molecule has 19 heavy (non-hydrogen) atoms. The van der Waals surface area contributed by atoms with Crippen molar-refractivity contribution >= 4 is 21.7 Å². The van der Waals surface area contributed by atoms with Crippen LogP contribution in [0.4, 0.5) is 8.78 Å². The summed E-state index contributed by atoms with van der Waals surface area (Å²) in [4.78, 5) is 11.7. The van der Waals surface area contributed by atoms with Gasteiger partial charge in [0, 0.05) is 30.5 Å². The van der Waals surface area contributed by atoms with Gasteiger partial charge < -0.3 is 5.32 Å². The first-order valence-corrected chi connectivity index (χ1v) is 6.89. The zero-order chi connectivity index (χ0) is 14.6. The number of benzene rings is 1. The predicted octanol–water partition coefficient (Wildman–Crippen LogP) is 3.62. The maximum Gasteiger partial charge on any atom is 0.143 e. The molecule has 0 saturated heterocycles. The molecule has 1 rings (SSSR count). The third-order valence-electron chi connectivity index (χ3n) is 2.57. The Morgan fingerprint density at radius 1 is 1.32 bits per heavy atom. The molecule has 0 aliphatic rings. The maximum absolute atomic E-state index is 13.7. The number of rotatable bonds is 5. The van der Waals surface area contributed by atoms with Crippen molar-refractivity contribution in [3.8, 4) is 0 Å². The summed E-state index contributed by atoms with van der Waals surface area (Å²) >= 11 is 2.98. The summed E-state index contributed by atoms with van der Waals surface area (Å²) in [6.07, 6.45) is 0.0333. The van der Waals surface area contributed by atoms with Crippen LogP contribution in [-0.2, 0) is 11.2 Å². The molecule has 0 aliphatic carbocycles. The van der Waals surface area contributed by atoms with Gasteiger partial charge in [0.05, 0.1) is 4.47 Å². The molecular formula is C14H18BrF2NO. The van der Waals surface area contributed by atoms with Gasteiger partial charge in [0.25, 0.3) is 0 Å². The van der Waals surface area contributed by atoms with Crippen LogP contribution >= 0.6 is 15.9 Å². The normalized spacial score (nSPS) is 11.7. The van der Waals surface area contributed by atoms with Crippen molar-refractivity contribution in [2.45, 2.75) is 39.2 Å². The first kappa shape index (κ1) is 16.2. The molecule has 0 unspecified atom stereocenters. The number of Topliss-reactive ketones (excluding diaryl/α,β-unsaturated/α-hetero) is 1. The number of hydrogen-bond acceptors (Lipinski definition) is 2. The van der Waals surface area contributed by atoms with Crippen LogP contribution in [0.1, 0.15) is 32.8 Å². The van der Waals surface area contributed by atoms with Crippen LogP contribution in [0.2, 0.25) is 0 Å². The van der Waals surface area contributed by atoms with Crippen molar-refractivity contribution in [2.75, 3.05) is 6.54 Å². The number of hydrogen-bond donors (Lipinski definition) is 1. The standard InChI is InChI=1S/C14H18BrF2NO/c1-14(2,3)18-7-6-9(19)8-10-12(16)5-4-11(15)13(10)17/h4-5,18H,6-8H2,1-3H3. The summed E-state index contributed by atoms with van der Waals surface area (Å²) in [5.41, 5.74) is -0.248. The lowest BCUT2D eigenvalue weighted by Gasteiger charge is -2.20. The highest BCUT2D eigenvalue weighted by Crippen LogP contribution is 2.22. The van der Waals surface area contributed by atoms with Gasteiger partial charge in [-0.2, -0.15) is 0 Å². The summed E-state index contributed by atoms with van der Waals surface area (Å²) < 4.78 is 27.3. The smallest absolute Gasteiger partial charge is 0.143 e. The Hall–Kier alpha value is -0.810. The average Bonchev–Trinajstić information content (AvgIpc) is 2.28. The molecule has 1 aromatic carbocycles. The number of nitrogens with one attached hydrogen (secondary N) is 1. The van der Waals surface area contributed by atoms with E-state index in [1.54, 1.807) is 0 Å². The molecule has 0 heterocycles. The topological polar surface area (TPSA) is 29.1 Å². The molecule has 2 nitrogen and oxygen atoms in total. The first-order valence-electron chi connectivity index (χ1n) is 6.10. The lowest BCUT2D eigenvalue weighted by Crippen LogP contribution is -2.37. The van der Waals surface area contributed by atoms with Crippen molar-refractivity contribution in [1.29, 1.82) is 0 Å². The van der Waals surface area contributed by atoms with Crippen molar-refractivity contribution in [2.24, 2.45) is 0 Å². The fraction of sp³-hybridized carbons (Fsp3) is 0.500. The SMILES string of the molecule is CC(C)(C)NCCC(=O)Cc1c(F)ccc(Br)c1F. The second kappa shape index (κ2) is 6.57. The van der Waals surface area contributed by atoms with Crippen LogP contribution in [0.15, 0.2) is 16.6 Å². The second-order valence-corrected chi connectivity index (χ2v) is 6.32. The molecule has 1 aromatic rings. The Kier molecular flexibility index (Phi) is 5.62. The summed E-state index contributed by atoms with van der Waals surface area (Å²) in [5, 5.41) is 3.16. The van der Waals surface area contributed by atoms with E-state index in [-0.39, 0.29) is 34.2 Å². The Morgan fingerprint density at radius 2 is 1.95 bits per heavy atom. The van der Waals surface area contributed by atoms with Crippen molar-refractivity contribution < 1.29 is 13.6 Å². The minimum absolute atomic E-state index is 0.0768. The van der Waals surface area contributed by atoms with E-state index in [4.69, 9.17) is 0 Å². The van der Waals surface area contributed by atoms with E-state index >= 15 is 0 Å². The molecule has 106 valence electrons. The van der Waals surface area contributed by atoms with E-state index in [9.17, 15) is 13.6 Å². The van der Waals surface area contributed by atoms with Crippen molar-refractivity contribution in [3.63, 3.8) is 0 Å². The Labute approximate surface area is 120 Å². The molecular weight excluding hydrogens is 316 g/mol. The summed E-state index contributed by atoms with van der Waals surface area (Å²) in [7, 11) is 0. The molecule has 0 bridgehead atoms. The highest BCUT2D eigenvalue weighted by atomic mass is 79.9. The third kappa shape index (κ3) is 5.37. The Morgan fingerprint density at radius 3 is 2.53 bits per heavy atom. The molecule has 0 atom stereocenters. The third-order valence-corrected chi connectivity index (χ3v) is 3.18. The largest absolute Gasteiger partial charge is 0.312 e. The molecule has 0 saturated carbocycles. The number of carbonyl (C=O) groups excluding carboxylic acids is 1. The van der Waals surface area contributed by atoms with E-state index in [0.29, 0.717) is 6.54 Å². The fourth-order valence-corrected chi connectivity index (χ4v) is 1.97. The van der Waals surface area contributed by atoms with Gasteiger partial charge in [-0.05, 0) is 48.8 Å². The maximum atomic E-state index is 13.7. The van der Waals surface area contributed by atoms with Crippen LogP contribution in [-0.4, -0.2) is 17.9 Å².